The van der Waals surface area contributed by atoms with Crippen LogP contribution in [0.2, 0.25) is 0 Å². The van der Waals surface area contributed by atoms with E-state index in [2.05, 4.69) is 186 Å². The van der Waals surface area contributed by atoms with E-state index in [1.165, 1.54) is 44.4 Å². The van der Waals surface area contributed by atoms with Crippen molar-refractivity contribution in [3.63, 3.8) is 0 Å². The summed E-state index contributed by atoms with van der Waals surface area (Å²) in [4.78, 5) is 4.84. The molecule has 0 unspecified atom stereocenters. The molecule has 0 saturated carbocycles. The summed E-state index contributed by atoms with van der Waals surface area (Å²) in [6.07, 6.45) is 4.42. The van der Waals surface area contributed by atoms with Crippen molar-refractivity contribution < 1.29 is 4.42 Å². The summed E-state index contributed by atoms with van der Waals surface area (Å²) in [5.74, 6) is 0. The molecule has 3 nitrogen and oxygen atoms in total. The molecule has 0 radical (unpaired) electrons. The van der Waals surface area contributed by atoms with Gasteiger partial charge in [0.1, 0.15) is 11.2 Å². The number of anilines is 6. The number of hydrogen-bond donors (Lipinski definition) is 0. The SMILES string of the molecule is c1ccc(N(c2ccccc2)c2ccc3c(c2)[C@@]2(CC3)CCc3ccc(N(c4ccc5c(c4)oc4ccccc45)c4cccc5ccccc45)cc32)cc1. The molecule has 0 amide bonds. The number of aryl methyl sites for hydroxylation is 2. The maximum Gasteiger partial charge on any atom is 0.137 e. The van der Waals surface area contributed by atoms with Crippen molar-refractivity contribution in [3.05, 3.63) is 204 Å². The quantitative estimate of drug-likeness (QED) is 0.173. The van der Waals surface area contributed by atoms with Crippen LogP contribution in [0.25, 0.3) is 32.7 Å². The van der Waals surface area contributed by atoms with Crippen LogP contribution in [0.4, 0.5) is 34.1 Å². The van der Waals surface area contributed by atoms with Crippen LogP contribution < -0.4 is 9.80 Å². The van der Waals surface area contributed by atoms with Gasteiger partial charge < -0.3 is 14.2 Å². The summed E-state index contributed by atoms with van der Waals surface area (Å²) in [6, 6.07) is 66.4. The Bertz CT molecular complexity index is 2810. The summed E-state index contributed by atoms with van der Waals surface area (Å²) in [6.45, 7) is 0. The van der Waals surface area contributed by atoms with Crippen LogP contribution in [-0.4, -0.2) is 0 Å². The summed E-state index contributed by atoms with van der Waals surface area (Å²) in [7, 11) is 0. The molecule has 54 heavy (non-hydrogen) atoms. The molecule has 2 aliphatic rings. The molecule has 258 valence electrons. The first-order valence-electron chi connectivity index (χ1n) is 19.1. The largest absolute Gasteiger partial charge is 0.456 e. The Morgan fingerprint density at radius 3 is 1.63 bits per heavy atom. The van der Waals surface area contributed by atoms with Crippen LogP contribution in [0.1, 0.15) is 35.1 Å². The average molecular weight is 695 g/mol. The van der Waals surface area contributed by atoms with Gasteiger partial charge in [0, 0.05) is 56.1 Å². The molecule has 11 rings (SSSR count). The second kappa shape index (κ2) is 12.2. The van der Waals surface area contributed by atoms with E-state index >= 15 is 0 Å². The van der Waals surface area contributed by atoms with Crippen LogP contribution in [0, 0.1) is 0 Å². The standard InChI is InChI=1S/C51H38N2O/c1-3-14-38(15-4-1)52(39-16-5-2-6-17-39)40-24-22-36-28-30-51(46(36)32-40)31-29-37-23-25-41(33-47(37)51)53(48-20-11-13-35-12-7-8-18-43(35)48)42-26-27-45-44-19-9-10-21-49(44)54-50(45)34-42/h1-27,32-34H,28-31H2/t51-/m1/s1. The molecule has 1 spiro atoms. The molecule has 8 aromatic carbocycles. The smallest absolute Gasteiger partial charge is 0.137 e. The van der Waals surface area contributed by atoms with Gasteiger partial charge in [-0.2, -0.15) is 0 Å². The van der Waals surface area contributed by atoms with E-state index < -0.39 is 0 Å². The van der Waals surface area contributed by atoms with Gasteiger partial charge in [-0.1, -0.05) is 103 Å². The molecule has 3 heteroatoms. The normalized spacial score (nSPS) is 15.9. The zero-order valence-electron chi connectivity index (χ0n) is 30.0. The molecule has 0 saturated heterocycles. The number of hydrogen-bond acceptors (Lipinski definition) is 3. The Morgan fingerprint density at radius 2 is 0.926 bits per heavy atom. The first-order chi connectivity index (χ1) is 26.7. The second-order valence-corrected chi connectivity index (χ2v) is 14.9. The predicted molar refractivity (Wildman–Crippen MR) is 224 cm³/mol. The molecule has 1 heterocycles. The Balaban J connectivity index is 1.08. The number of para-hydroxylation sites is 3. The summed E-state index contributed by atoms with van der Waals surface area (Å²) >= 11 is 0. The van der Waals surface area contributed by atoms with Gasteiger partial charge in [-0.3, -0.25) is 0 Å². The number of benzene rings is 8. The van der Waals surface area contributed by atoms with Gasteiger partial charge in [-0.05, 0) is 126 Å². The molecule has 0 aliphatic heterocycles. The van der Waals surface area contributed by atoms with Crippen molar-refractivity contribution in [1.29, 1.82) is 0 Å². The van der Waals surface area contributed by atoms with Crippen molar-refractivity contribution >= 4 is 66.8 Å². The van der Waals surface area contributed by atoms with Crippen molar-refractivity contribution in [1.82, 2.24) is 0 Å². The van der Waals surface area contributed by atoms with E-state index in [9.17, 15) is 0 Å². The number of nitrogens with zero attached hydrogens (tertiary/aromatic N) is 2. The molecule has 0 fully saturated rings. The van der Waals surface area contributed by atoms with Crippen LogP contribution >= 0.6 is 0 Å². The second-order valence-electron chi connectivity index (χ2n) is 14.9. The Hall–Kier alpha value is -6.58. The van der Waals surface area contributed by atoms with Crippen LogP contribution in [0.15, 0.2) is 186 Å². The highest BCUT2D eigenvalue weighted by Crippen LogP contribution is 2.55. The fourth-order valence-electron chi connectivity index (χ4n) is 9.52. The Kier molecular flexibility index (Phi) is 7.03. The summed E-state index contributed by atoms with van der Waals surface area (Å²) in [5, 5.41) is 4.73. The van der Waals surface area contributed by atoms with Gasteiger partial charge in [0.05, 0.1) is 5.69 Å². The van der Waals surface area contributed by atoms with Gasteiger partial charge in [0.15, 0.2) is 0 Å². The molecular formula is C51H38N2O. The predicted octanol–water partition coefficient (Wildman–Crippen LogP) is 13.9. The van der Waals surface area contributed by atoms with Gasteiger partial charge in [0.2, 0.25) is 0 Å². The molecule has 0 bridgehead atoms. The Morgan fingerprint density at radius 1 is 0.389 bits per heavy atom. The first kappa shape index (κ1) is 31.0. The van der Waals surface area contributed by atoms with E-state index in [4.69, 9.17) is 4.42 Å². The minimum absolute atomic E-state index is 0.0388. The minimum Gasteiger partial charge on any atom is -0.456 e. The lowest BCUT2D eigenvalue weighted by molar-refractivity contribution is 0.507. The third kappa shape index (κ3) is 4.82. The molecular weight excluding hydrogens is 657 g/mol. The topological polar surface area (TPSA) is 19.6 Å². The van der Waals surface area contributed by atoms with Crippen LogP contribution in [-0.2, 0) is 18.3 Å². The van der Waals surface area contributed by atoms with Crippen LogP contribution in [0.5, 0.6) is 0 Å². The van der Waals surface area contributed by atoms with Crippen LogP contribution in [0.3, 0.4) is 0 Å². The molecule has 1 atom stereocenters. The van der Waals surface area contributed by atoms with Gasteiger partial charge in [0.25, 0.3) is 0 Å². The molecule has 2 aliphatic carbocycles. The minimum atomic E-state index is -0.0388. The maximum atomic E-state index is 6.46. The fourth-order valence-corrected chi connectivity index (χ4v) is 9.52. The maximum absolute atomic E-state index is 6.46. The fraction of sp³-hybridized carbons (Fsp3) is 0.0980. The van der Waals surface area contributed by atoms with Gasteiger partial charge in [-0.15, -0.1) is 0 Å². The van der Waals surface area contributed by atoms with E-state index in [0.717, 1.165) is 70.4 Å². The number of fused-ring (bicyclic) bond motifs is 8. The number of furan rings is 1. The van der Waals surface area contributed by atoms with Gasteiger partial charge >= 0.3 is 0 Å². The molecule has 1 aromatic heterocycles. The third-order valence-electron chi connectivity index (χ3n) is 12.0. The zero-order valence-corrected chi connectivity index (χ0v) is 30.0. The van der Waals surface area contributed by atoms with E-state index in [1.54, 1.807) is 0 Å². The van der Waals surface area contributed by atoms with Crippen molar-refractivity contribution in [2.24, 2.45) is 0 Å². The van der Waals surface area contributed by atoms with Crippen molar-refractivity contribution in [3.8, 4) is 0 Å². The number of rotatable bonds is 6. The lowest BCUT2D eigenvalue weighted by Gasteiger charge is -2.32. The lowest BCUT2D eigenvalue weighted by atomic mass is 9.76. The van der Waals surface area contributed by atoms with Crippen molar-refractivity contribution in [2.75, 3.05) is 9.80 Å². The lowest BCUT2D eigenvalue weighted by Crippen LogP contribution is -2.22. The zero-order chi connectivity index (χ0) is 35.6. The van der Waals surface area contributed by atoms with Crippen molar-refractivity contribution in [2.45, 2.75) is 31.1 Å². The highest BCUT2D eigenvalue weighted by molar-refractivity contribution is 6.07. The summed E-state index contributed by atoms with van der Waals surface area (Å²) in [5.41, 5.74) is 14.6. The highest BCUT2D eigenvalue weighted by atomic mass is 16.3. The summed E-state index contributed by atoms with van der Waals surface area (Å²) < 4.78 is 6.46. The molecule has 0 N–H and O–H groups in total. The first-order valence-corrected chi connectivity index (χ1v) is 19.1. The van der Waals surface area contributed by atoms with Gasteiger partial charge in [-0.25, -0.2) is 0 Å². The highest BCUT2D eigenvalue weighted by Gasteiger charge is 2.45. The van der Waals surface area contributed by atoms with E-state index in [-0.39, 0.29) is 5.41 Å². The third-order valence-corrected chi connectivity index (χ3v) is 12.0. The average Bonchev–Trinajstić information content (AvgIpc) is 3.92. The van der Waals surface area contributed by atoms with E-state index in [0.29, 0.717) is 0 Å². The monoisotopic (exact) mass is 694 g/mol. The Labute approximate surface area is 315 Å². The molecule has 9 aromatic rings. The van der Waals surface area contributed by atoms with E-state index in [1.807, 2.05) is 6.07 Å².